The number of carboxylic acids is 1. The van der Waals surface area contributed by atoms with E-state index in [1.54, 1.807) is 11.9 Å². The average molecular weight is 144 g/mol. The minimum absolute atomic E-state index is 0.400. The normalized spacial score (nSPS) is 22.9. The third kappa shape index (κ3) is 1.46. The van der Waals surface area contributed by atoms with Gasteiger partial charge in [-0.15, -0.1) is 0 Å². The number of nitrogens with one attached hydrogen (secondary N) is 1. The van der Waals surface area contributed by atoms with E-state index in [1.807, 2.05) is 0 Å². The number of nitrogens with zero attached hydrogens (tertiary/aromatic N) is 1. The first-order chi connectivity index (χ1) is 4.72. The van der Waals surface area contributed by atoms with Crippen LogP contribution < -0.4 is 5.43 Å². The van der Waals surface area contributed by atoms with Gasteiger partial charge in [-0.25, -0.2) is 5.01 Å². The summed E-state index contributed by atoms with van der Waals surface area (Å²) in [6.45, 7) is 3.42. The smallest absolute Gasteiger partial charge is 0.322 e. The SMILES string of the molecule is CC(C(=O)O)N1CCCN1. The van der Waals surface area contributed by atoms with Gasteiger partial charge in [-0.1, -0.05) is 0 Å². The molecule has 0 amide bonds. The second-order valence-electron chi connectivity index (χ2n) is 2.47. The fraction of sp³-hybridized carbons (Fsp3) is 0.833. The van der Waals surface area contributed by atoms with E-state index in [-0.39, 0.29) is 0 Å². The molecule has 0 aromatic rings. The van der Waals surface area contributed by atoms with Gasteiger partial charge in [-0.3, -0.25) is 10.2 Å². The fourth-order valence-corrected chi connectivity index (χ4v) is 1.02. The van der Waals surface area contributed by atoms with E-state index in [0.29, 0.717) is 0 Å². The first-order valence-corrected chi connectivity index (χ1v) is 3.45. The highest BCUT2D eigenvalue weighted by Gasteiger charge is 2.22. The fourth-order valence-electron chi connectivity index (χ4n) is 1.02. The van der Waals surface area contributed by atoms with Crippen molar-refractivity contribution in [2.45, 2.75) is 19.4 Å². The van der Waals surface area contributed by atoms with Crippen LogP contribution in [0.25, 0.3) is 0 Å². The predicted octanol–water partition coefficient (Wildman–Crippen LogP) is -0.330. The van der Waals surface area contributed by atoms with Crippen molar-refractivity contribution in [2.75, 3.05) is 13.1 Å². The molecule has 1 rings (SSSR count). The highest BCUT2D eigenvalue weighted by Crippen LogP contribution is 2.01. The summed E-state index contributed by atoms with van der Waals surface area (Å²) in [6.07, 6.45) is 1.04. The Bertz CT molecular complexity index is 132. The predicted molar refractivity (Wildman–Crippen MR) is 36.4 cm³/mol. The highest BCUT2D eigenvalue weighted by molar-refractivity contribution is 5.72. The molecule has 10 heavy (non-hydrogen) atoms. The Morgan fingerprint density at radius 2 is 2.50 bits per heavy atom. The largest absolute Gasteiger partial charge is 0.480 e. The number of carbonyl (C=O) groups is 1. The summed E-state index contributed by atoms with van der Waals surface area (Å²) in [7, 11) is 0. The van der Waals surface area contributed by atoms with Gasteiger partial charge in [-0.05, 0) is 13.3 Å². The van der Waals surface area contributed by atoms with Gasteiger partial charge >= 0.3 is 5.97 Å². The topological polar surface area (TPSA) is 52.6 Å². The molecule has 0 aromatic heterocycles. The van der Waals surface area contributed by atoms with Crippen molar-refractivity contribution >= 4 is 5.97 Å². The van der Waals surface area contributed by atoms with Crippen molar-refractivity contribution in [3.8, 4) is 0 Å². The molecule has 0 radical (unpaired) electrons. The maximum absolute atomic E-state index is 10.4. The first-order valence-electron chi connectivity index (χ1n) is 3.45. The second-order valence-corrected chi connectivity index (χ2v) is 2.47. The Balaban J connectivity index is 2.39. The molecular weight excluding hydrogens is 132 g/mol. The van der Waals surface area contributed by atoms with Crippen LogP contribution in [0.15, 0.2) is 0 Å². The van der Waals surface area contributed by atoms with E-state index in [1.165, 1.54) is 0 Å². The minimum atomic E-state index is -0.769. The van der Waals surface area contributed by atoms with Gasteiger partial charge in [0.1, 0.15) is 6.04 Å². The van der Waals surface area contributed by atoms with Gasteiger partial charge < -0.3 is 5.11 Å². The lowest BCUT2D eigenvalue weighted by molar-refractivity contribution is -0.143. The van der Waals surface area contributed by atoms with Crippen LogP contribution in [0, 0.1) is 0 Å². The van der Waals surface area contributed by atoms with Gasteiger partial charge in [0.2, 0.25) is 0 Å². The standard InChI is InChI=1S/C6H12N2O2/c1-5(6(9)10)8-4-2-3-7-8/h5,7H,2-4H2,1H3,(H,9,10). The summed E-state index contributed by atoms with van der Waals surface area (Å²) in [5.74, 6) is -0.769. The van der Waals surface area contributed by atoms with Crippen molar-refractivity contribution in [1.29, 1.82) is 0 Å². The van der Waals surface area contributed by atoms with Crippen LogP contribution in [0.2, 0.25) is 0 Å². The van der Waals surface area contributed by atoms with Crippen LogP contribution in [-0.2, 0) is 4.79 Å². The number of hydrazine groups is 1. The van der Waals surface area contributed by atoms with Crippen LogP contribution in [0.3, 0.4) is 0 Å². The molecule has 4 nitrogen and oxygen atoms in total. The molecule has 1 aliphatic heterocycles. The van der Waals surface area contributed by atoms with Crippen molar-refractivity contribution in [3.05, 3.63) is 0 Å². The van der Waals surface area contributed by atoms with E-state index < -0.39 is 12.0 Å². The summed E-state index contributed by atoms with van der Waals surface area (Å²) in [4.78, 5) is 10.4. The Hall–Kier alpha value is -0.610. The van der Waals surface area contributed by atoms with Crippen LogP contribution in [-0.4, -0.2) is 35.2 Å². The molecule has 0 bridgehead atoms. The maximum atomic E-state index is 10.4. The quantitative estimate of drug-likeness (QED) is 0.557. The molecule has 1 saturated heterocycles. The van der Waals surface area contributed by atoms with Crippen LogP contribution in [0.4, 0.5) is 0 Å². The highest BCUT2D eigenvalue weighted by atomic mass is 16.4. The number of aliphatic carboxylic acids is 1. The third-order valence-corrected chi connectivity index (χ3v) is 1.72. The van der Waals surface area contributed by atoms with Crippen molar-refractivity contribution < 1.29 is 9.90 Å². The van der Waals surface area contributed by atoms with Gasteiger partial charge in [0.25, 0.3) is 0 Å². The molecule has 1 aliphatic rings. The Morgan fingerprint density at radius 1 is 1.80 bits per heavy atom. The Morgan fingerprint density at radius 3 is 2.90 bits per heavy atom. The monoisotopic (exact) mass is 144 g/mol. The molecule has 0 aromatic carbocycles. The average Bonchev–Trinajstić information content (AvgIpc) is 2.36. The van der Waals surface area contributed by atoms with Crippen LogP contribution in [0.5, 0.6) is 0 Å². The lowest BCUT2D eigenvalue weighted by atomic mass is 10.3. The molecule has 0 saturated carbocycles. The van der Waals surface area contributed by atoms with E-state index >= 15 is 0 Å². The summed E-state index contributed by atoms with van der Waals surface area (Å²) < 4.78 is 0. The zero-order chi connectivity index (χ0) is 7.56. The lowest BCUT2D eigenvalue weighted by Crippen LogP contribution is -2.43. The summed E-state index contributed by atoms with van der Waals surface area (Å²) in [5, 5.41) is 10.3. The van der Waals surface area contributed by atoms with Gasteiger partial charge in [0, 0.05) is 13.1 Å². The first kappa shape index (κ1) is 7.50. The van der Waals surface area contributed by atoms with Gasteiger partial charge in [-0.2, -0.15) is 0 Å². The lowest BCUT2D eigenvalue weighted by Gasteiger charge is -2.19. The molecule has 4 heteroatoms. The molecule has 0 spiro atoms. The molecule has 1 heterocycles. The molecule has 2 N–H and O–H groups in total. The zero-order valence-corrected chi connectivity index (χ0v) is 6.00. The third-order valence-electron chi connectivity index (χ3n) is 1.72. The van der Waals surface area contributed by atoms with Gasteiger partial charge in [0.15, 0.2) is 0 Å². The molecule has 0 aliphatic carbocycles. The number of hydrogen-bond donors (Lipinski definition) is 2. The van der Waals surface area contributed by atoms with Crippen LogP contribution in [0.1, 0.15) is 13.3 Å². The molecule has 1 unspecified atom stereocenters. The summed E-state index contributed by atoms with van der Waals surface area (Å²) >= 11 is 0. The Kier molecular flexibility index (Phi) is 2.24. The number of rotatable bonds is 2. The molecular formula is C6H12N2O2. The van der Waals surface area contributed by atoms with Crippen molar-refractivity contribution in [2.24, 2.45) is 0 Å². The van der Waals surface area contributed by atoms with E-state index in [9.17, 15) is 4.79 Å². The van der Waals surface area contributed by atoms with Gasteiger partial charge in [0.05, 0.1) is 0 Å². The number of carboxylic acid groups (broad SMARTS) is 1. The molecule has 1 fully saturated rings. The van der Waals surface area contributed by atoms with E-state index in [2.05, 4.69) is 5.43 Å². The number of hydrogen-bond acceptors (Lipinski definition) is 3. The minimum Gasteiger partial charge on any atom is -0.480 e. The van der Waals surface area contributed by atoms with E-state index in [0.717, 1.165) is 19.5 Å². The van der Waals surface area contributed by atoms with E-state index in [4.69, 9.17) is 5.11 Å². The Labute approximate surface area is 59.8 Å². The zero-order valence-electron chi connectivity index (χ0n) is 6.00. The van der Waals surface area contributed by atoms with Crippen molar-refractivity contribution in [3.63, 3.8) is 0 Å². The van der Waals surface area contributed by atoms with Crippen molar-refractivity contribution in [1.82, 2.24) is 10.4 Å². The summed E-state index contributed by atoms with van der Waals surface area (Å²) in [5.41, 5.74) is 2.99. The molecule has 1 atom stereocenters. The second kappa shape index (κ2) is 2.98. The molecule has 58 valence electrons. The summed E-state index contributed by atoms with van der Waals surface area (Å²) in [6, 6.07) is -0.400. The van der Waals surface area contributed by atoms with Crippen LogP contribution >= 0.6 is 0 Å². The maximum Gasteiger partial charge on any atom is 0.322 e.